The lowest BCUT2D eigenvalue weighted by molar-refractivity contribution is -0.139. The molecule has 0 unspecified atom stereocenters. The molecule has 43 heavy (non-hydrogen) atoms. The second-order valence-electron chi connectivity index (χ2n) is 10.2. The Morgan fingerprint density at radius 2 is 1.95 bits per heavy atom. The molecule has 0 fully saturated rings. The number of carbonyl (C=O) groups excluding carboxylic acids is 2. The van der Waals surface area contributed by atoms with Crippen LogP contribution in [0, 0.1) is 3.57 Å². The highest BCUT2D eigenvalue weighted by molar-refractivity contribution is 14.1. The first-order valence-electron chi connectivity index (χ1n) is 14.1. The van der Waals surface area contributed by atoms with Gasteiger partial charge in [-0.3, -0.25) is 9.59 Å². The third-order valence-electron chi connectivity index (χ3n) is 7.39. The van der Waals surface area contributed by atoms with E-state index in [1.165, 1.54) is 14.2 Å². The zero-order valence-electron chi connectivity index (χ0n) is 24.2. The molecular weight excluding hydrogens is 669 g/mol. The maximum Gasteiger partial charge on any atom is 0.247 e. The molecule has 0 spiro atoms. The van der Waals surface area contributed by atoms with Crippen LogP contribution in [0.3, 0.4) is 0 Å². The van der Waals surface area contributed by atoms with Gasteiger partial charge in [0.05, 0.1) is 43.0 Å². The average molecular weight is 708 g/mol. The van der Waals surface area contributed by atoms with E-state index in [4.69, 9.17) is 14.2 Å². The van der Waals surface area contributed by atoms with Gasteiger partial charge in [-0.2, -0.15) is 0 Å². The lowest BCUT2D eigenvalue weighted by Crippen LogP contribution is -2.55. The molecule has 11 nitrogen and oxygen atoms in total. The van der Waals surface area contributed by atoms with Crippen molar-refractivity contribution in [3.8, 4) is 11.5 Å². The van der Waals surface area contributed by atoms with Gasteiger partial charge in [0.25, 0.3) is 0 Å². The van der Waals surface area contributed by atoms with Crippen molar-refractivity contribution >= 4 is 45.3 Å². The largest absolute Gasteiger partial charge is 0.493 e. The molecule has 0 saturated carbocycles. The fourth-order valence-electron chi connectivity index (χ4n) is 5.21. The molecule has 0 saturated heterocycles. The summed E-state index contributed by atoms with van der Waals surface area (Å²) in [6.07, 6.45) is 0.0255. The first-order valence-corrected chi connectivity index (χ1v) is 15.1. The van der Waals surface area contributed by atoms with E-state index in [1.807, 2.05) is 30.3 Å². The molecule has 1 aliphatic carbocycles. The Labute approximate surface area is 264 Å². The number of amides is 2. The topological polar surface area (TPSA) is 154 Å². The van der Waals surface area contributed by atoms with Crippen LogP contribution in [0.25, 0.3) is 10.9 Å². The molecule has 2 aromatic carbocycles. The Hall–Kier alpha value is -3.17. The van der Waals surface area contributed by atoms with E-state index in [0.29, 0.717) is 32.6 Å². The smallest absolute Gasteiger partial charge is 0.247 e. The summed E-state index contributed by atoms with van der Waals surface area (Å²) in [4.78, 5) is 31.7. The van der Waals surface area contributed by atoms with Crippen LogP contribution in [0.15, 0.2) is 54.1 Å². The predicted molar refractivity (Wildman–Crippen MR) is 169 cm³/mol. The van der Waals surface area contributed by atoms with Crippen molar-refractivity contribution in [3.05, 3.63) is 68.9 Å². The molecule has 4 rings (SSSR count). The van der Waals surface area contributed by atoms with Gasteiger partial charge < -0.3 is 44.7 Å². The maximum absolute atomic E-state index is 13.6. The standard InChI is InChI=1S/C31H38IN3O8/c1-41-12-8-28(38)35(10-7-22-15-20-5-3-4-6-24(20)34-22)25-16-21(31(40)33-9-11-36)17-26(29(25)39)43-30-23(32)13-19(18-37)14-27(30)42-2/h3-6,13-15,17,25-26,29,34,36-37,39H,7-12,16,18H2,1-2H3,(H,33,40)/t25-,26+,29+/m1/s1. The number of nitrogens with one attached hydrogen (secondary N) is 2. The van der Waals surface area contributed by atoms with Crippen molar-refractivity contribution in [3.63, 3.8) is 0 Å². The monoisotopic (exact) mass is 707 g/mol. The van der Waals surface area contributed by atoms with Crippen LogP contribution in [-0.2, 0) is 27.4 Å². The number of nitrogens with zero attached hydrogens (tertiary/aromatic N) is 1. The highest BCUT2D eigenvalue weighted by Gasteiger charge is 2.40. The Morgan fingerprint density at radius 1 is 1.16 bits per heavy atom. The first kappa shape index (κ1) is 32.7. The molecule has 0 aliphatic heterocycles. The summed E-state index contributed by atoms with van der Waals surface area (Å²) in [5.74, 6) is 0.0532. The predicted octanol–water partition coefficient (Wildman–Crippen LogP) is 2.30. The number of aromatic nitrogens is 1. The van der Waals surface area contributed by atoms with E-state index in [0.717, 1.165) is 16.6 Å². The van der Waals surface area contributed by atoms with Gasteiger partial charge >= 0.3 is 0 Å². The number of rotatable bonds is 14. The van der Waals surface area contributed by atoms with Gasteiger partial charge in [0.1, 0.15) is 12.2 Å². The van der Waals surface area contributed by atoms with Gasteiger partial charge in [0.2, 0.25) is 11.8 Å². The SMILES string of the molecule is COCCC(=O)N(CCc1cc2ccccc2[nH]1)[C@@H]1CC(C(=O)NCCO)=C[C@H](Oc2c(I)cc(CO)cc2OC)[C@H]1O. The fraction of sp³-hybridized carbons (Fsp3) is 0.419. The number of methoxy groups -OCH3 is 2. The molecule has 0 bridgehead atoms. The van der Waals surface area contributed by atoms with Gasteiger partial charge in [-0.25, -0.2) is 0 Å². The number of benzene rings is 2. The van der Waals surface area contributed by atoms with Gasteiger partial charge in [-0.05, 0) is 63.9 Å². The number of hydrogen-bond acceptors (Lipinski definition) is 8. The van der Waals surface area contributed by atoms with E-state index < -0.39 is 24.2 Å². The van der Waals surface area contributed by atoms with Crippen LogP contribution in [0.1, 0.15) is 24.1 Å². The van der Waals surface area contributed by atoms with Crippen LogP contribution in [0.2, 0.25) is 0 Å². The van der Waals surface area contributed by atoms with Gasteiger partial charge in [0.15, 0.2) is 11.5 Å². The van der Waals surface area contributed by atoms with Crippen LogP contribution < -0.4 is 14.8 Å². The van der Waals surface area contributed by atoms with Crippen molar-refractivity contribution in [2.45, 2.75) is 44.1 Å². The number of halogens is 1. The number of ether oxygens (including phenoxy) is 3. The third-order valence-corrected chi connectivity index (χ3v) is 8.19. The molecule has 5 N–H and O–H groups in total. The maximum atomic E-state index is 13.6. The summed E-state index contributed by atoms with van der Waals surface area (Å²) in [5.41, 5.74) is 2.87. The summed E-state index contributed by atoms with van der Waals surface area (Å²) < 4.78 is 17.6. The second kappa shape index (κ2) is 15.5. The third kappa shape index (κ3) is 8.06. The molecule has 12 heteroatoms. The van der Waals surface area contributed by atoms with Crippen LogP contribution >= 0.6 is 22.6 Å². The number of fused-ring (bicyclic) bond motifs is 1. The molecule has 0 radical (unpaired) electrons. The average Bonchev–Trinajstić information content (AvgIpc) is 3.44. The Bertz CT molecular complexity index is 1410. The zero-order valence-corrected chi connectivity index (χ0v) is 26.4. The molecule has 2 amide bonds. The summed E-state index contributed by atoms with van der Waals surface area (Å²) in [7, 11) is 2.99. The number of hydrogen-bond donors (Lipinski definition) is 5. The Morgan fingerprint density at radius 3 is 2.65 bits per heavy atom. The van der Waals surface area contributed by atoms with Crippen molar-refractivity contribution in [1.82, 2.24) is 15.2 Å². The zero-order chi connectivity index (χ0) is 30.9. The van der Waals surface area contributed by atoms with Crippen molar-refractivity contribution in [1.29, 1.82) is 0 Å². The number of aliphatic hydroxyl groups excluding tert-OH is 3. The van der Waals surface area contributed by atoms with Crippen molar-refractivity contribution < 1.29 is 39.1 Å². The summed E-state index contributed by atoms with van der Waals surface area (Å²) in [6, 6.07) is 12.5. The summed E-state index contributed by atoms with van der Waals surface area (Å²) >= 11 is 2.06. The second-order valence-corrected chi connectivity index (χ2v) is 11.4. The van der Waals surface area contributed by atoms with Gasteiger partial charge in [0, 0.05) is 49.8 Å². The number of para-hydroxylation sites is 1. The Kier molecular flexibility index (Phi) is 11.8. The number of H-pyrrole nitrogens is 1. The lowest BCUT2D eigenvalue weighted by Gasteiger charge is -2.40. The molecular formula is C31H38IN3O8. The lowest BCUT2D eigenvalue weighted by atomic mass is 9.87. The van der Waals surface area contributed by atoms with Crippen LogP contribution in [0.5, 0.6) is 11.5 Å². The van der Waals surface area contributed by atoms with E-state index in [2.05, 4.69) is 32.9 Å². The minimum atomic E-state index is -1.19. The molecule has 3 aromatic rings. The molecule has 1 heterocycles. The molecule has 232 valence electrons. The van der Waals surface area contributed by atoms with E-state index >= 15 is 0 Å². The number of carbonyl (C=O) groups is 2. The van der Waals surface area contributed by atoms with Gasteiger partial charge in [-0.15, -0.1) is 0 Å². The summed E-state index contributed by atoms with van der Waals surface area (Å²) in [5, 5.41) is 34.3. The van der Waals surface area contributed by atoms with Gasteiger partial charge in [-0.1, -0.05) is 18.2 Å². The number of aromatic amines is 1. The Balaban J connectivity index is 1.67. The minimum absolute atomic E-state index is 0.0557. The molecule has 1 aromatic heterocycles. The van der Waals surface area contributed by atoms with Crippen LogP contribution in [0.4, 0.5) is 0 Å². The van der Waals surface area contributed by atoms with E-state index in [-0.39, 0.29) is 51.7 Å². The normalized spacial score (nSPS) is 18.3. The highest BCUT2D eigenvalue weighted by Crippen LogP contribution is 2.37. The summed E-state index contributed by atoms with van der Waals surface area (Å²) in [6.45, 7) is 0.118. The van der Waals surface area contributed by atoms with E-state index in [1.54, 1.807) is 23.1 Å². The van der Waals surface area contributed by atoms with Crippen molar-refractivity contribution in [2.75, 3.05) is 40.5 Å². The minimum Gasteiger partial charge on any atom is -0.493 e. The fourth-order valence-corrected chi connectivity index (χ4v) is 6.00. The molecule has 1 aliphatic rings. The van der Waals surface area contributed by atoms with Crippen LogP contribution in [-0.4, -0.2) is 95.8 Å². The molecule has 3 atom stereocenters. The van der Waals surface area contributed by atoms with Crippen molar-refractivity contribution in [2.24, 2.45) is 0 Å². The van der Waals surface area contributed by atoms with E-state index in [9.17, 15) is 24.9 Å². The quantitative estimate of drug-likeness (QED) is 0.160. The highest BCUT2D eigenvalue weighted by atomic mass is 127. The number of aliphatic hydroxyl groups is 3. The first-order chi connectivity index (χ1) is 20.8.